The number of rotatable bonds is 6. The van der Waals surface area contributed by atoms with Crippen molar-refractivity contribution in [3.8, 4) is 0 Å². The number of benzene rings is 3. The molecule has 0 spiro atoms. The Hall–Kier alpha value is -2.98. The first-order valence-corrected chi connectivity index (χ1v) is 10.6. The molecule has 1 aliphatic heterocycles. The maximum Gasteiger partial charge on any atom is 0.217 e. The molecule has 146 valence electrons. The highest BCUT2D eigenvalue weighted by atomic mass is 32.2. The molecule has 29 heavy (non-hydrogen) atoms. The van der Waals surface area contributed by atoms with Crippen molar-refractivity contribution in [2.24, 2.45) is 0 Å². The fourth-order valence-electron chi connectivity index (χ4n) is 3.44. The van der Waals surface area contributed by atoms with Gasteiger partial charge in [-0.05, 0) is 28.5 Å². The van der Waals surface area contributed by atoms with Gasteiger partial charge in [0.15, 0.2) is 0 Å². The number of thioether (sulfide) groups is 1. The second-order valence-electron chi connectivity index (χ2n) is 7.00. The first-order valence-electron chi connectivity index (χ1n) is 9.65. The molecule has 0 aromatic heterocycles. The van der Waals surface area contributed by atoms with Crippen LogP contribution in [0.3, 0.4) is 0 Å². The Morgan fingerprint density at radius 2 is 1.72 bits per heavy atom. The number of nitrogens with one attached hydrogen (secondary N) is 1. The molecule has 1 aliphatic rings. The van der Waals surface area contributed by atoms with Crippen LogP contribution in [0.5, 0.6) is 0 Å². The van der Waals surface area contributed by atoms with Crippen LogP contribution < -0.4 is 15.8 Å². The monoisotopic (exact) mass is 401 g/mol. The van der Waals surface area contributed by atoms with E-state index in [0.29, 0.717) is 6.54 Å². The zero-order chi connectivity index (χ0) is 20.1. The lowest BCUT2D eigenvalue weighted by molar-refractivity contribution is -0.118. The van der Waals surface area contributed by atoms with Gasteiger partial charge in [0.25, 0.3) is 0 Å². The highest BCUT2D eigenvalue weighted by Gasteiger charge is 2.21. The third-order valence-electron chi connectivity index (χ3n) is 4.89. The van der Waals surface area contributed by atoms with Crippen LogP contribution in [-0.4, -0.2) is 12.5 Å². The Balaban J connectivity index is 1.66. The Morgan fingerprint density at radius 1 is 1.00 bits per heavy atom. The van der Waals surface area contributed by atoms with Crippen molar-refractivity contribution in [3.63, 3.8) is 0 Å². The van der Waals surface area contributed by atoms with E-state index in [-0.39, 0.29) is 12.0 Å². The SMILES string of the molecule is CC(=O)NCC1=c2ccc(SCc3ccccc3)cc2=COC1c1ccccc1. The summed E-state index contributed by atoms with van der Waals surface area (Å²) in [5.74, 6) is 0.880. The molecule has 0 aliphatic carbocycles. The Labute approximate surface area is 175 Å². The lowest BCUT2D eigenvalue weighted by Gasteiger charge is -2.24. The predicted molar refractivity (Wildman–Crippen MR) is 119 cm³/mol. The van der Waals surface area contributed by atoms with E-state index in [9.17, 15) is 4.79 Å². The normalized spacial score (nSPS) is 15.1. The summed E-state index contributed by atoms with van der Waals surface area (Å²) in [7, 11) is 0. The van der Waals surface area contributed by atoms with Gasteiger partial charge in [-0.25, -0.2) is 0 Å². The number of amides is 1. The summed E-state index contributed by atoms with van der Waals surface area (Å²) in [6, 6.07) is 27.0. The third-order valence-corrected chi connectivity index (χ3v) is 5.96. The highest BCUT2D eigenvalue weighted by molar-refractivity contribution is 7.98. The maximum absolute atomic E-state index is 11.5. The summed E-state index contributed by atoms with van der Waals surface area (Å²) in [5, 5.41) is 5.12. The zero-order valence-electron chi connectivity index (χ0n) is 16.3. The van der Waals surface area contributed by atoms with Gasteiger partial charge in [-0.3, -0.25) is 4.79 Å². The molecular weight excluding hydrogens is 378 g/mol. The maximum atomic E-state index is 11.5. The zero-order valence-corrected chi connectivity index (χ0v) is 17.1. The van der Waals surface area contributed by atoms with Crippen molar-refractivity contribution in [1.82, 2.24) is 5.32 Å². The molecule has 1 unspecified atom stereocenters. The molecule has 0 saturated heterocycles. The summed E-state index contributed by atoms with van der Waals surface area (Å²) < 4.78 is 6.13. The average molecular weight is 402 g/mol. The van der Waals surface area contributed by atoms with Crippen LogP contribution in [0.2, 0.25) is 0 Å². The van der Waals surface area contributed by atoms with Crippen LogP contribution in [0.1, 0.15) is 24.2 Å². The lowest BCUT2D eigenvalue weighted by atomic mass is 9.97. The third kappa shape index (κ3) is 4.72. The molecule has 1 amide bonds. The van der Waals surface area contributed by atoms with Crippen LogP contribution in [0, 0.1) is 0 Å². The van der Waals surface area contributed by atoms with Crippen molar-refractivity contribution in [2.75, 3.05) is 6.54 Å². The minimum Gasteiger partial charge on any atom is -0.488 e. The minimum atomic E-state index is -0.196. The van der Waals surface area contributed by atoms with Gasteiger partial charge in [0.2, 0.25) is 5.91 Å². The number of hydrogen-bond donors (Lipinski definition) is 1. The molecule has 0 radical (unpaired) electrons. The van der Waals surface area contributed by atoms with Gasteiger partial charge < -0.3 is 10.1 Å². The average Bonchev–Trinajstić information content (AvgIpc) is 2.77. The van der Waals surface area contributed by atoms with Crippen LogP contribution in [-0.2, 0) is 15.3 Å². The van der Waals surface area contributed by atoms with Gasteiger partial charge >= 0.3 is 0 Å². The van der Waals surface area contributed by atoms with Crippen LogP contribution in [0.25, 0.3) is 11.8 Å². The summed E-state index contributed by atoms with van der Waals surface area (Å²) in [4.78, 5) is 12.7. The van der Waals surface area contributed by atoms with Crippen LogP contribution >= 0.6 is 11.8 Å². The molecule has 1 heterocycles. The van der Waals surface area contributed by atoms with Gasteiger partial charge in [0, 0.05) is 34.9 Å². The van der Waals surface area contributed by atoms with Crippen molar-refractivity contribution < 1.29 is 9.53 Å². The van der Waals surface area contributed by atoms with Gasteiger partial charge in [-0.1, -0.05) is 66.7 Å². The fourth-order valence-corrected chi connectivity index (χ4v) is 4.34. The van der Waals surface area contributed by atoms with E-state index in [1.807, 2.05) is 42.3 Å². The standard InChI is InChI=1S/C25H23NO2S/c1-18(27)26-15-24-23-13-12-22(29-17-19-8-4-2-5-9-19)14-21(23)16-28-25(24)20-10-6-3-7-11-20/h2-14,16,25H,15,17H2,1H3,(H,26,27). The van der Waals surface area contributed by atoms with Gasteiger partial charge in [-0.15, -0.1) is 11.8 Å². The molecule has 0 bridgehead atoms. The highest BCUT2D eigenvalue weighted by Crippen LogP contribution is 2.28. The largest absolute Gasteiger partial charge is 0.488 e. The quantitative estimate of drug-likeness (QED) is 0.639. The van der Waals surface area contributed by atoms with Gasteiger partial charge in [-0.2, -0.15) is 0 Å². The van der Waals surface area contributed by atoms with Gasteiger partial charge in [0.05, 0.1) is 6.26 Å². The molecule has 1 N–H and O–H groups in total. The molecule has 1 atom stereocenters. The van der Waals surface area contributed by atoms with E-state index >= 15 is 0 Å². The number of ether oxygens (including phenoxy) is 1. The second kappa shape index (κ2) is 9.01. The smallest absolute Gasteiger partial charge is 0.217 e. The number of hydrogen-bond acceptors (Lipinski definition) is 3. The number of carbonyl (C=O) groups excluding carboxylic acids is 1. The van der Waals surface area contributed by atoms with E-state index in [0.717, 1.165) is 27.3 Å². The lowest BCUT2D eigenvalue weighted by Crippen LogP contribution is -2.37. The molecule has 3 aromatic rings. The van der Waals surface area contributed by atoms with E-state index in [2.05, 4.69) is 59.9 Å². The molecule has 3 nitrogen and oxygen atoms in total. The number of carbonyl (C=O) groups is 1. The van der Waals surface area contributed by atoms with Gasteiger partial charge in [0.1, 0.15) is 6.10 Å². The molecule has 0 fully saturated rings. The van der Waals surface area contributed by atoms with E-state index in [1.54, 1.807) is 0 Å². The minimum absolute atomic E-state index is 0.0459. The Bertz CT molecular complexity index is 1110. The summed E-state index contributed by atoms with van der Waals surface area (Å²) in [5.41, 5.74) is 3.46. The summed E-state index contributed by atoms with van der Waals surface area (Å²) in [6.07, 6.45) is 1.65. The molecule has 0 saturated carbocycles. The van der Waals surface area contributed by atoms with Crippen LogP contribution in [0.15, 0.2) is 83.8 Å². The van der Waals surface area contributed by atoms with Crippen molar-refractivity contribution in [2.45, 2.75) is 23.7 Å². The first kappa shape index (κ1) is 19.3. The second-order valence-corrected chi connectivity index (χ2v) is 8.05. The fraction of sp³-hybridized carbons (Fsp3) is 0.160. The van der Waals surface area contributed by atoms with Crippen molar-refractivity contribution >= 4 is 29.5 Å². The van der Waals surface area contributed by atoms with E-state index < -0.39 is 0 Å². The Kier molecular flexibility index (Phi) is 6.01. The molecule has 4 heteroatoms. The summed E-state index contributed by atoms with van der Waals surface area (Å²) >= 11 is 1.81. The number of fused-ring (bicyclic) bond motifs is 1. The first-order chi connectivity index (χ1) is 14.2. The molecule has 3 aromatic carbocycles. The summed E-state index contributed by atoms with van der Waals surface area (Å²) in [6.45, 7) is 2.00. The Morgan fingerprint density at radius 3 is 2.45 bits per heavy atom. The molecular formula is C25H23NO2S. The van der Waals surface area contributed by atoms with Crippen molar-refractivity contribution in [1.29, 1.82) is 0 Å². The molecule has 4 rings (SSSR count). The van der Waals surface area contributed by atoms with E-state index in [1.165, 1.54) is 17.4 Å². The van der Waals surface area contributed by atoms with Crippen molar-refractivity contribution in [3.05, 3.63) is 100 Å². The van der Waals surface area contributed by atoms with Crippen LogP contribution in [0.4, 0.5) is 0 Å². The topological polar surface area (TPSA) is 38.3 Å². The van der Waals surface area contributed by atoms with E-state index in [4.69, 9.17) is 4.74 Å². The predicted octanol–water partition coefficient (Wildman–Crippen LogP) is 3.78.